The summed E-state index contributed by atoms with van der Waals surface area (Å²) < 4.78 is 5.29. The first-order chi connectivity index (χ1) is 12.1. The molecule has 0 unspecified atom stereocenters. The largest absolute Gasteiger partial charge is 0.399 e. The molecule has 0 radical (unpaired) electrons. The minimum Gasteiger partial charge on any atom is -0.399 e. The number of nitrogens with two attached hydrogens (primary N) is 1. The molecule has 1 aliphatic rings. The van der Waals surface area contributed by atoms with E-state index in [2.05, 4.69) is 33.0 Å². The highest BCUT2D eigenvalue weighted by molar-refractivity contribution is 9.08. The summed E-state index contributed by atoms with van der Waals surface area (Å²) in [6, 6.07) is 14.5. The Morgan fingerprint density at radius 3 is 2.12 bits per heavy atom. The van der Waals surface area contributed by atoms with Crippen LogP contribution >= 0.6 is 15.9 Å². The lowest BCUT2D eigenvalue weighted by atomic mass is 10.2. The van der Waals surface area contributed by atoms with Crippen LogP contribution in [0.4, 0.5) is 11.4 Å². The van der Waals surface area contributed by atoms with Gasteiger partial charge in [0.25, 0.3) is 5.69 Å². The summed E-state index contributed by atoms with van der Waals surface area (Å²) in [4.78, 5) is 12.2. The van der Waals surface area contributed by atoms with Crippen LogP contribution < -0.4 is 5.73 Å². The van der Waals surface area contributed by atoms with Gasteiger partial charge >= 0.3 is 0 Å². The van der Waals surface area contributed by atoms with Crippen LogP contribution in [-0.4, -0.2) is 36.1 Å². The Kier molecular flexibility index (Phi) is 7.84. The Morgan fingerprint density at radius 2 is 1.60 bits per heavy atom. The second-order valence-electron chi connectivity index (χ2n) is 5.69. The molecular weight excluding hydrogens is 386 g/mol. The number of nitro groups is 1. The van der Waals surface area contributed by atoms with Crippen molar-refractivity contribution < 1.29 is 9.66 Å². The fourth-order valence-electron chi connectivity index (χ4n) is 2.35. The van der Waals surface area contributed by atoms with E-state index in [9.17, 15) is 10.1 Å². The number of hydrogen-bond donors (Lipinski definition) is 1. The Morgan fingerprint density at radius 1 is 1.04 bits per heavy atom. The number of hydrogen-bond acceptors (Lipinski definition) is 5. The number of alkyl halides is 1. The van der Waals surface area contributed by atoms with Crippen molar-refractivity contribution in [1.82, 2.24) is 4.90 Å². The van der Waals surface area contributed by atoms with E-state index in [0.29, 0.717) is 0 Å². The van der Waals surface area contributed by atoms with Gasteiger partial charge < -0.3 is 10.5 Å². The number of rotatable bonds is 4. The first-order valence-corrected chi connectivity index (χ1v) is 9.14. The van der Waals surface area contributed by atoms with E-state index in [-0.39, 0.29) is 5.69 Å². The Hall–Kier alpha value is -1.96. The van der Waals surface area contributed by atoms with Crippen molar-refractivity contribution in [3.8, 4) is 0 Å². The summed E-state index contributed by atoms with van der Waals surface area (Å²) in [7, 11) is 0. The summed E-state index contributed by atoms with van der Waals surface area (Å²) in [6.45, 7) is 4.78. The maximum Gasteiger partial charge on any atom is 0.269 e. The van der Waals surface area contributed by atoms with Gasteiger partial charge in [-0.3, -0.25) is 15.0 Å². The highest BCUT2D eigenvalue weighted by Gasteiger charge is 2.10. The van der Waals surface area contributed by atoms with Crippen LogP contribution in [0, 0.1) is 10.1 Å². The van der Waals surface area contributed by atoms with Crippen LogP contribution in [0.25, 0.3) is 0 Å². The SMILES string of the molecule is Nc1ccc(CN2CCOCC2)cc1.O=[N+]([O-])c1ccc(CBr)cc1. The van der Waals surface area contributed by atoms with Crippen molar-refractivity contribution >= 4 is 27.3 Å². The molecule has 1 fully saturated rings. The van der Waals surface area contributed by atoms with Crippen molar-refractivity contribution in [1.29, 1.82) is 0 Å². The number of nitro benzene ring substituents is 1. The monoisotopic (exact) mass is 407 g/mol. The third-order valence-electron chi connectivity index (χ3n) is 3.79. The molecular formula is C18H22BrN3O3. The van der Waals surface area contributed by atoms with Gasteiger partial charge in [0.15, 0.2) is 0 Å². The molecule has 6 nitrogen and oxygen atoms in total. The minimum absolute atomic E-state index is 0.134. The van der Waals surface area contributed by atoms with Crippen molar-refractivity contribution in [2.45, 2.75) is 11.9 Å². The standard InChI is InChI=1S/C11H16N2O.C7H6BrNO2/c12-11-3-1-10(2-4-11)9-13-5-7-14-8-6-13;8-5-6-1-3-7(4-2-6)9(10)11/h1-4H,5-9,12H2;1-4H,5H2. The molecule has 0 spiro atoms. The van der Waals surface area contributed by atoms with Gasteiger partial charge in [-0.25, -0.2) is 0 Å². The van der Waals surface area contributed by atoms with Gasteiger partial charge in [-0.05, 0) is 23.3 Å². The lowest BCUT2D eigenvalue weighted by molar-refractivity contribution is -0.384. The minimum atomic E-state index is -0.405. The van der Waals surface area contributed by atoms with Gasteiger partial charge in [0.05, 0.1) is 18.1 Å². The molecule has 3 rings (SSSR count). The van der Waals surface area contributed by atoms with Crippen LogP contribution in [0.15, 0.2) is 48.5 Å². The van der Waals surface area contributed by atoms with Gasteiger partial charge in [0, 0.05) is 42.8 Å². The molecule has 0 aliphatic carbocycles. The average molecular weight is 408 g/mol. The number of halogens is 1. The average Bonchev–Trinajstić information content (AvgIpc) is 2.65. The Balaban J connectivity index is 0.000000186. The molecule has 7 heteroatoms. The molecule has 25 heavy (non-hydrogen) atoms. The van der Waals surface area contributed by atoms with Gasteiger partial charge in [-0.1, -0.05) is 40.2 Å². The third kappa shape index (κ3) is 6.81. The number of nitrogens with zero attached hydrogens (tertiary/aromatic N) is 2. The van der Waals surface area contributed by atoms with E-state index in [1.165, 1.54) is 17.7 Å². The number of nitrogen functional groups attached to an aromatic ring is 1. The molecule has 1 aliphatic heterocycles. The molecule has 2 aromatic carbocycles. The topological polar surface area (TPSA) is 81.6 Å². The number of anilines is 1. The first kappa shape index (κ1) is 19.4. The lowest BCUT2D eigenvalue weighted by Gasteiger charge is -2.26. The van der Waals surface area contributed by atoms with Gasteiger partial charge in [0.2, 0.25) is 0 Å². The van der Waals surface area contributed by atoms with E-state index in [1.807, 2.05) is 12.1 Å². The Labute approximate surface area is 155 Å². The molecule has 0 atom stereocenters. The van der Waals surface area contributed by atoms with Crippen molar-refractivity contribution in [3.05, 3.63) is 69.8 Å². The smallest absolute Gasteiger partial charge is 0.269 e. The summed E-state index contributed by atoms with van der Waals surface area (Å²) in [5, 5.41) is 10.9. The molecule has 1 heterocycles. The molecule has 0 amide bonds. The first-order valence-electron chi connectivity index (χ1n) is 8.02. The summed E-state index contributed by atoms with van der Waals surface area (Å²) >= 11 is 3.25. The van der Waals surface area contributed by atoms with E-state index >= 15 is 0 Å². The second kappa shape index (κ2) is 10.1. The van der Waals surface area contributed by atoms with E-state index < -0.39 is 4.92 Å². The predicted octanol–water partition coefficient (Wildman–Crippen LogP) is 3.59. The van der Waals surface area contributed by atoms with E-state index in [0.717, 1.165) is 49.4 Å². The second-order valence-corrected chi connectivity index (χ2v) is 6.25. The normalized spacial score (nSPS) is 14.4. The number of morpholine rings is 1. The number of benzene rings is 2. The summed E-state index contributed by atoms with van der Waals surface area (Å²) in [6.07, 6.45) is 0. The van der Waals surface area contributed by atoms with Crippen LogP contribution in [0.3, 0.4) is 0 Å². The van der Waals surface area contributed by atoms with Gasteiger partial charge in [-0.15, -0.1) is 0 Å². The number of non-ortho nitro benzene ring substituents is 1. The zero-order chi connectivity index (χ0) is 18.1. The molecule has 2 N–H and O–H groups in total. The molecule has 0 bridgehead atoms. The van der Waals surface area contributed by atoms with Crippen molar-refractivity contribution in [2.24, 2.45) is 0 Å². The molecule has 0 saturated carbocycles. The molecule has 134 valence electrons. The number of ether oxygens (including phenoxy) is 1. The quantitative estimate of drug-likeness (QED) is 0.362. The van der Waals surface area contributed by atoms with Crippen LogP contribution in [-0.2, 0) is 16.6 Å². The van der Waals surface area contributed by atoms with Gasteiger partial charge in [0.1, 0.15) is 0 Å². The Bertz CT molecular complexity index is 656. The fraction of sp³-hybridized carbons (Fsp3) is 0.333. The highest BCUT2D eigenvalue weighted by Crippen LogP contribution is 2.13. The zero-order valence-corrected chi connectivity index (χ0v) is 15.5. The maximum absolute atomic E-state index is 10.2. The molecule has 1 saturated heterocycles. The van der Waals surface area contributed by atoms with Crippen LogP contribution in [0.5, 0.6) is 0 Å². The van der Waals surface area contributed by atoms with Crippen LogP contribution in [0.1, 0.15) is 11.1 Å². The fourth-order valence-corrected chi connectivity index (χ4v) is 2.72. The van der Waals surface area contributed by atoms with E-state index in [4.69, 9.17) is 10.5 Å². The zero-order valence-electron chi connectivity index (χ0n) is 13.9. The van der Waals surface area contributed by atoms with Gasteiger partial charge in [-0.2, -0.15) is 0 Å². The predicted molar refractivity (Wildman–Crippen MR) is 103 cm³/mol. The van der Waals surface area contributed by atoms with Crippen molar-refractivity contribution in [2.75, 3.05) is 32.0 Å². The summed E-state index contributed by atoms with van der Waals surface area (Å²) in [5.41, 5.74) is 8.95. The lowest BCUT2D eigenvalue weighted by Crippen LogP contribution is -2.35. The van der Waals surface area contributed by atoms with Crippen LogP contribution in [0.2, 0.25) is 0 Å². The third-order valence-corrected chi connectivity index (χ3v) is 4.44. The molecule has 0 aromatic heterocycles. The maximum atomic E-state index is 10.2. The van der Waals surface area contributed by atoms with E-state index in [1.54, 1.807) is 12.1 Å². The highest BCUT2D eigenvalue weighted by atomic mass is 79.9. The molecule has 2 aromatic rings. The summed E-state index contributed by atoms with van der Waals surface area (Å²) in [5.74, 6) is 0. The van der Waals surface area contributed by atoms with Crippen molar-refractivity contribution in [3.63, 3.8) is 0 Å².